The molecule has 212 valence electrons. The van der Waals surface area contributed by atoms with E-state index in [0.717, 1.165) is 15.6 Å². The van der Waals surface area contributed by atoms with Crippen LogP contribution in [0.2, 0.25) is 5.02 Å². The predicted octanol–water partition coefficient (Wildman–Crippen LogP) is 2.32. The van der Waals surface area contributed by atoms with Gasteiger partial charge in [-0.1, -0.05) is 17.7 Å². The highest BCUT2D eigenvalue weighted by atomic mass is 35.5. The maximum absolute atomic E-state index is 14.9. The quantitative estimate of drug-likeness (QED) is 0.431. The summed E-state index contributed by atoms with van der Waals surface area (Å²) in [5, 5.41) is 12.7. The summed E-state index contributed by atoms with van der Waals surface area (Å²) in [5.74, 6) is -1.08. The van der Waals surface area contributed by atoms with E-state index in [1.54, 1.807) is 31.6 Å². The SMILES string of the molecule is COc1ccc(C2(N3C[C@H](O)C[C@H]3C(=O)N(C)C)C(=O)N(S(=O)(=O)c3cccs3)c3ccc(Cl)cc32)c(OC)n1. The zero-order valence-corrected chi connectivity index (χ0v) is 24.5. The van der Waals surface area contributed by atoms with Crippen LogP contribution < -0.4 is 13.8 Å². The van der Waals surface area contributed by atoms with E-state index < -0.39 is 33.6 Å². The maximum Gasteiger partial charge on any atom is 0.280 e. The van der Waals surface area contributed by atoms with Gasteiger partial charge in [0.1, 0.15) is 4.21 Å². The van der Waals surface area contributed by atoms with Crippen molar-refractivity contribution >= 4 is 50.5 Å². The van der Waals surface area contributed by atoms with Gasteiger partial charge < -0.3 is 19.5 Å². The first-order chi connectivity index (χ1) is 19.0. The molecule has 5 rings (SSSR count). The van der Waals surface area contributed by atoms with Gasteiger partial charge in [0.15, 0.2) is 5.54 Å². The van der Waals surface area contributed by atoms with Gasteiger partial charge in [-0.15, -0.1) is 11.3 Å². The molecule has 1 N–H and O–H groups in total. The molecule has 0 spiro atoms. The molecule has 2 aliphatic heterocycles. The van der Waals surface area contributed by atoms with Crippen molar-refractivity contribution in [1.82, 2.24) is 14.8 Å². The summed E-state index contributed by atoms with van der Waals surface area (Å²) in [6.07, 6.45) is -0.965. The van der Waals surface area contributed by atoms with E-state index in [9.17, 15) is 23.1 Å². The highest BCUT2D eigenvalue weighted by molar-refractivity contribution is 7.95. The van der Waals surface area contributed by atoms with E-state index in [2.05, 4.69) is 4.98 Å². The number of halogens is 1. The van der Waals surface area contributed by atoms with E-state index >= 15 is 0 Å². The lowest BCUT2D eigenvalue weighted by molar-refractivity contribution is -0.138. The molecule has 1 aromatic carbocycles. The summed E-state index contributed by atoms with van der Waals surface area (Å²) in [7, 11) is 1.53. The zero-order valence-electron chi connectivity index (χ0n) is 22.1. The van der Waals surface area contributed by atoms with Crippen molar-refractivity contribution in [3.63, 3.8) is 0 Å². The molecule has 40 heavy (non-hydrogen) atoms. The number of nitrogens with zero attached hydrogens (tertiary/aromatic N) is 4. The topological polar surface area (TPSA) is 130 Å². The second-order valence-electron chi connectivity index (χ2n) is 9.58. The van der Waals surface area contributed by atoms with Gasteiger partial charge in [0.25, 0.3) is 15.9 Å². The molecule has 3 atom stereocenters. The number of hydrogen-bond acceptors (Lipinski definition) is 10. The molecule has 1 saturated heterocycles. The number of ether oxygens (including phenoxy) is 2. The number of aromatic nitrogens is 1. The summed E-state index contributed by atoms with van der Waals surface area (Å²) < 4.78 is 39.6. The summed E-state index contributed by atoms with van der Waals surface area (Å²) in [6, 6.07) is 9.52. The number of hydrogen-bond donors (Lipinski definition) is 1. The Balaban J connectivity index is 1.89. The van der Waals surface area contributed by atoms with Crippen molar-refractivity contribution in [2.45, 2.75) is 28.3 Å². The van der Waals surface area contributed by atoms with Crippen LogP contribution in [0.5, 0.6) is 11.8 Å². The lowest BCUT2D eigenvalue weighted by atomic mass is 9.81. The minimum absolute atomic E-state index is 0.0194. The largest absolute Gasteiger partial charge is 0.481 e. The van der Waals surface area contributed by atoms with E-state index in [-0.39, 0.29) is 56.7 Å². The molecule has 1 fully saturated rings. The zero-order chi connectivity index (χ0) is 29.0. The lowest BCUT2D eigenvalue weighted by Gasteiger charge is -2.41. The van der Waals surface area contributed by atoms with Crippen LogP contribution in [-0.4, -0.2) is 87.1 Å². The third kappa shape index (κ3) is 4.15. The molecule has 0 aliphatic carbocycles. The van der Waals surface area contributed by atoms with Crippen LogP contribution in [-0.2, 0) is 25.2 Å². The Morgan fingerprint density at radius 1 is 1.18 bits per heavy atom. The number of carbonyl (C=O) groups is 2. The highest BCUT2D eigenvalue weighted by Gasteiger charge is 2.64. The van der Waals surface area contributed by atoms with Crippen LogP contribution in [0.1, 0.15) is 17.5 Å². The number of carbonyl (C=O) groups excluding carboxylic acids is 2. The first kappa shape index (κ1) is 28.3. The predicted molar refractivity (Wildman–Crippen MR) is 148 cm³/mol. The second-order valence-corrected chi connectivity index (χ2v) is 13.0. The normalized spacial score (nSPS) is 22.9. The van der Waals surface area contributed by atoms with Crippen LogP contribution in [0.25, 0.3) is 0 Å². The van der Waals surface area contributed by atoms with Crippen molar-refractivity contribution < 1.29 is 32.6 Å². The number of likely N-dealkylation sites (tertiary alicyclic amines) is 1. The van der Waals surface area contributed by atoms with Gasteiger partial charge in [0.05, 0.1) is 32.1 Å². The number of β-amino-alcohol motifs (C(OH)–C–C–N with tert-alkyl or cyclic N) is 1. The number of benzene rings is 1. The van der Waals surface area contributed by atoms with E-state index in [1.165, 1.54) is 54.4 Å². The van der Waals surface area contributed by atoms with Crippen molar-refractivity contribution in [2.24, 2.45) is 0 Å². The first-order valence-electron chi connectivity index (χ1n) is 12.2. The molecule has 0 radical (unpaired) electrons. The average Bonchev–Trinajstić information content (AvgIpc) is 3.65. The highest BCUT2D eigenvalue weighted by Crippen LogP contribution is 2.55. The van der Waals surface area contributed by atoms with Crippen LogP contribution in [0.3, 0.4) is 0 Å². The molecule has 4 heterocycles. The summed E-state index contributed by atoms with van der Waals surface area (Å²) in [5.41, 5.74) is -1.53. The number of pyridine rings is 1. The molecular weight excluding hydrogens is 580 g/mol. The third-order valence-corrected chi connectivity index (χ3v) is 10.4. The molecule has 2 aliphatic rings. The number of fused-ring (bicyclic) bond motifs is 1. The molecule has 3 aromatic rings. The minimum atomic E-state index is -4.39. The fraction of sp³-hybridized carbons (Fsp3) is 0.346. The third-order valence-electron chi connectivity index (χ3n) is 7.11. The van der Waals surface area contributed by atoms with Gasteiger partial charge >= 0.3 is 0 Å². The standard InChI is InChI=1S/C26H27ClN4O7S2/c1-29(2)24(33)20-13-16(32)14-30(20)26(17-8-10-21(37-3)28-23(17)38-4)18-12-15(27)7-9-19(18)31(25(26)34)40(35,36)22-6-5-11-39-22/h5-12,16,20,32H,13-14H2,1-4H3/t16-,20+,26?/m1/s1. The Labute approximate surface area is 240 Å². The fourth-order valence-electron chi connectivity index (χ4n) is 5.46. The van der Waals surface area contributed by atoms with Crippen molar-refractivity contribution in [3.05, 3.63) is 64.0 Å². The smallest absolute Gasteiger partial charge is 0.280 e. The minimum Gasteiger partial charge on any atom is -0.481 e. The van der Waals surface area contributed by atoms with E-state index in [4.69, 9.17) is 21.1 Å². The molecule has 1 unspecified atom stereocenters. The van der Waals surface area contributed by atoms with Crippen LogP contribution >= 0.6 is 22.9 Å². The number of sulfonamides is 1. The molecule has 2 amide bonds. The number of rotatable bonds is 7. The maximum atomic E-state index is 14.9. The van der Waals surface area contributed by atoms with Crippen molar-refractivity contribution in [1.29, 1.82) is 0 Å². The number of amides is 2. The number of likely N-dealkylation sites (N-methyl/N-ethyl adjacent to an activating group) is 1. The molecule has 0 bridgehead atoms. The summed E-state index contributed by atoms with van der Waals surface area (Å²) in [4.78, 5) is 35.7. The van der Waals surface area contributed by atoms with Gasteiger partial charge in [-0.25, -0.2) is 0 Å². The molecular formula is C26H27ClN4O7S2. The van der Waals surface area contributed by atoms with Crippen LogP contribution in [0.15, 0.2) is 52.1 Å². The van der Waals surface area contributed by atoms with Crippen molar-refractivity contribution in [2.75, 3.05) is 39.2 Å². The number of aliphatic hydroxyl groups excluding tert-OH is 1. The Morgan fingerprint density at radius 2 is 1.93 bits per heavy atom. The van der Waals surface area contributed by atoms with Gasteiger partial charge in [0.2, 0.25) is 17.7 Å². The monoisotopic (exact) mass is 606 g/mol. The number of anilines is 1. The Hall–Kier alpha value is -3.23. The van der Waals surface area contributed by atoms with Crippen molar-refractivity contribution in [3.8, 4) is 11.8 Å². The van der Waals surface area contributed by atoms with E-state index in [0.29, 0.717) is 0 Å². The summed E-state index contributed by atoms with van der Waals surface area (Å²) in [6.45, 7) is -0.121. The first-order valence-corrected chi connectivity index (χ1v) is 14.9. The summed E-state index contributed by atoms with van der Waals surface area (Å²) >= 11 is 7.44. The Bertz CT molecular complexity index is 1580. The number of methoxy groups -OCH3 is 2. The fourth-order valence-corrected chi connectivity index (χ4v) is 8.16. The van der Waals surface area contributed by atoms with Gasteiger partial charge in [-0.2, -0.15) is 17.7 Å². The Morgan fingerprint density at radius 3 is 2.55 bits per heavy atom. The average molecular weight is 607 g/mol. The molecule has 2 aromatic heterocycles. The number of aliphatic hydroxyl groups is 1. The van der Waals surface area contributed by atoms with Gasteiger partial charge in [0, 0.05) is 42.9 Å². The van der Waals surface area contributed by atoms with E-state index in [1.807, 2.05) is 0 Å². The molecule has 11 nitrogen and oxygen atoms in total. The van der Waals surface area contributed by atoms with Crippen LogP contribution in [0.4, 0.5) is 5.69 Å². The second kappa shape index (κ2) is 10.3. The lowest BCUT2D eigenvalue weighted by Crippen LogP contribution is -2.59. The number of thiophene rings is 1. The molecule has 0 saturated carbocycles. The molecule has 14 heteroatoms. The van der Waals surface area contributed by atoms with Gasteiger partial charge in [-0.3, -0.25) is 14.5 Å². The van der Waals surface area contributed by atoms with Gasteiger partial charge in [-0.05, 0) is 42.1 Å². The van der Waals surface area contributed by atoms with Crippen LogP contribution in [0, 0.1) is 0 Å². The Kier molecular flexibility index (Phi) is 7.29.